The highest BCUT2D eigenvalue weighted by molar-refractivity contribution is 8.08. The van der Waals surface area contributed by atoms with Gasteiger partial charge in [0.1, 0.15) is 5.69 Å². The van der Waals surface area contributed by atoms with Gasteiger partial charge in [0.2, 0.25) is 0 Å². The highest BCUT2D eigenvalue weighted by Gasteiger charge is 2.08. The van der Waals surface area contributed by atoms with Crippen LogP contribution in [0.15, 0.2) is 18.3 Å². The van der Waals surface area contributed by atoms with Crippen molar-refractivity contribution < 1.29 is 0 Å². The highest BCUT2D eigenvalue weighted by atomic mass is 32.2. The molecule has 0 radical (unpaired) electrons. The summed E-state index contributed by atoms with van der Waals surface area (Å²) in [6.07, 6.45) is 5.00. The van der Waals surface area contributed by atoms with Crippen molar-refractivity contribution in [2.24, 2.45) is 0 Å². The molecule has 0 spiro atoms. The third-order valence-electron chi connectivity index (χ3n) is 1.46. The van der Waals surface area contributed by atoms with E-state index in [1.165, 1.54) is 10.7 Å². The Morgan fingerprint density at radius 1 is 1.45 bits per heavy atom. The van der Waals surface area contributed by atoms with Crippen molar-refractivity contribution in [1.82, 2.24) is 15.4 Å². The Morgan fingerprint density at radius 2 is 2.45 bits per heavy atom. The third-order valence-corrected chi connectivity index (χ3v) is 2.59. The van der Waals surface area contributed by atoms with Crippen LogP contribution < -0.4 is 0 Å². The second-order valence-corrected chi connectivity index (χ2v) is 3.35. The molecule has 0 atom stereocenters. The largest absolute Gasteiger partial charge is 0.139 e. The van der Waals surface area contributed by atoms with Crippen LogP contribution in [0.25, 0.3) is 4.91 Å². The van der Waals surface area contributed by atoms with Crippen molar-refractivity contribution in [2.75, 3.05) is 5.75 Å². The number of hydrogen-bond acceptors (Lipinski definition) is 4. The van der Waals surface area contributed by atoms with Crippen molar-refractivity contribution in [3.05, 3.63) is 24.0 Å². The molecule has 0 N–H and O–H groups in total. The van der Waals surface area contributed by atoms with Crippen LogP contribution in [-0.4, -0.2) is 21.2 Å². The normalized spacial score (nSPS) is 16.5. The monoisotopic (exact) mass is 165 g/mol. The number of allylic oxidation sites excluding steroid dienone is 1. The Kier molecular flexibility index (Phi) is 1.85. The van der Waals surface area contributed by atoms with Crippen LogP contribution in [-0.2, 0) is 0 Å². The molecule has 0 aromatic carbocycles. The van der Waals surface area contributed by atoms with Gasteiger partial charge < -0.3 is 0 Å². The summed E-state index contributed by atoms with van der Waals surface area (Å²) in [5.74, 6) is 1.17. The minimum absolute atomic E-state index is 0.947. The lowest BCUT2D eigenvalue weighted by molar-refractivity contribution is 0.856. The molecule has 0 saturated carbocycles. The van der Waals surface area contributed by atoms with Gasteiger partial charge in [-0.25, -0.2) is 0 Å². The maximum atomic E-state index is 3.91. The van der Waals surface area contributed by atoms with Crippen LogP contribution in [0.5, 0.6) is 0 Å². The predicted octanol–water partition coefficient (Wildman–Crippen LogP) is 1.35. The molecule has 0 bridgehead atoms. The Hall–Kier alpha value is -0.900. The summed E-state index contributed by atoms with van der Waals surface area (Å²) < 4.78 is 0. The Bertz CT molecular complexity index is 270. The molecule has 1 aliphatic rings. The molecule has 11 heavy (non-hydrogen) atoms. The molecule has 0 amide bonds. The predicted molar refractivity (Wildman–Crippen MR) is 44.9 cm³/mol. The molecular weight excluding hydrogens is 158 g/mol. The number of rotatable bonds is 1. The molecule has 2 heterocycles. The van der Waals surface area contributed by atoms with Crippen molar-refractivity contribution in [3.63, 3.8) is 0 Å². The minimum Gasteiger partial charge on any atom is -0.139 e. The van der Waals surface area contributed by atoms with E-state index in [4.69, 9.17) is 0 Å². The summed E-state index contributed by atoms with van der Waals surface area (Å²) in [6, 6.07) is 1.89. The van der Waals surface area contributed by atoms with Gasteiger partial charge in [-0.2, -0.15) is 0 Å². The molecule has 1 aromatic rings. The zero-order valence-corrected chi connectivity index (χ0v) is 6.71. The van der Waals surface area contributed by atoms with E-state index in [1.54, 1.807) is 6.20 Å². The molecule has 3 nitrogen and oxygen atoms in total. The fraction of sp³-hybridized carbons (Fsp3) is 0.286. The minimum atomic E-state index is 0.947. The van der Waals surface area contributed by atoms with Gasteiger partial charge >= 0.3 is 0 Å². The number of thioether (sulfide) groups is 1. The van der Waals surface area contributed by atoms with E-state index >= 15 is 0 Å². The summed E-state index contributed by atoms with van der Waals surface area (Å²) in [4.78, 5) is 1.24. The lowest BCUT2D eigenvalue weighted by Crippen LogP contribution is -1.89. The van der Waals surface area contributed by atoms with E-state index in [0.717, 1.165) is 12.1 Å². The first kappa shape index (κ1) is 6.79. The molecule has 1 aromatic heterocycles. The van der Waals surface area contributed by atoms with Gasteiger partial charge in [-0.05, 0) is 17.7 Å². The standard InChI is InChI=1S/C7H7N3S/c1-2-7(11-5-1)6-3-4-8-10-9-6/h2-4H,1,5H2. The Morgan fingerprint density at radius 3 is 3.09 bits per heavy atom. The Balaban J connectivity index is 2.29. The van der Waals surface area contributed by atoms with Gasteiger partial charge in [-0.15, -0.1) is 22.0 Å². The van der Waals surface area contributed by atoms with Crippen molar-refractivity contribution in [2.45, 2.75) is 6.42 Å². The van der Waals surface area contributed by atoms with Gasteiger partial charge in [-0.1, -0.05) is 6.08 Å². The SMILES string of the molecule is C1=C(c2ccnnn2)SCC1. The average Bonchev–Trinajstić information content (AvgIpc) is 2.58. The average molecular weight is 165 g/mol. The second-order valence-electron chi connectivity index (χ2n) is 2.21. The number of aromatic nitrogens is 3. The molecule has 56 valence electrons. The van der Waals surface area contributed by atoms with Gasteiger partial charge in [0, 0.05) is 10.7 Å². The first-order chi connectivity index (χ1) is 5.47. The van der Waals surface area contributed by atoms with Crippen LogP contribution in [0.2, 0.25) is 0 Å². The smallest absolute Gasteiger partial charge is 0.102 e. The van der Waals surface area contributed by atoms with Crippen LogP contribution in [0.1, 0.15) is 12.1 Å². The Labute approximate surface area is 68.9 Å². The molecule has 4 heteroatoms. The molecule has 0 saturated heterocycles. The summed E-state index contributed by atoms with van der Waals surface area (Å²) in [5.41, 5.74) is 0.947. The lowest BCUT2D eigenvalue weighted by atomic mass is 10.3. The van der Waals surface area contributed by atoms with Crippen LogP contribution in [0.4, 0.5) is 0 Å². The molecule has 0 unspecified atom stereocenters. The van der Waals surface area contributed by atoms with E-state index in [0.29, 0.717) is 0 Å². The fourth-order valence-corrected chi connectivity index (χ4v) is 1.92. The summed E-state index contributed by atoms with van der Waals surface area (Å²) in [6.45, 7) is 0. The van der Waals surface area contributed by atoms with Gasteiger partial charge in [-0.3, -0.25) is 0 Å². The van der Waals surface area contributed by atoms with Crippen LogP contribution in [0, 0.1) is 0 Å². The number of hydrogen-bond donors (Lipinski definition) is 0. The zero-order valence-electron chi connectivity index (χ0n) is 5.90. The first-order valence-corrected chi connectivity index (χ1v) is 4.43. The van der Waals surface area contributed by atoms with Crippen LogP contribution in [0.3, 0.4) is 0 Å². The maximum Gasteiger partial charge on any atom is 0.102 e. The zero-order chi connectivity index (χ0) is 7.52. The topological polar surface area (TPSA) is 38.7 Å². The lowest BCUT2D eigenvalue weighted by Gasteiger charge is -1.95. The molecule has 2 rings (SSSR count). The number of nitrogens with zero attached hydrogens (tertiary/aromatic N) is 3. The van der Waals surface area contributed by atoms with Crippen LogP contribution >= 0.6 is 11.8 Å². The second kappa shape index (κ2) is 3.00. The maximum absolute atomic E-state index is 3.91. The van der Waals surface area contributed by atoms with E-state index in [1.807, 2.05) is 17.8 Å². The summed E-state index contributed by atoms with van der Waals surface area (Å²) in [5, 5.41) is 11.1. The quantitative estimate of drug-likeness (QED) is 0.629. The first-order valence-electron chi connectivity index (χ1n) is 3.44. The van der Waals surface area contributed by atoms with E-state index in [9.17, 15) is 0 Å². The van der Waals surface area contributed by atoms with Gasteiger partial charge in [0.05, 0.1) is 6.20 Å². The third kappa shape index (κ3) is 1.40. The van der Waals surface area contributed by atoms with E-state index in [2.05, 4.69) is 21.5 Å². The van der Waals surface area contributed by atoms with Gasteiger partial charge in [0.15, 0.2) is 0 Å². The highest BCUT2D eigenvalue weighted by Crippen LogP contribution is 2.31. The van der Waals surface area contributed by atoms with Gasteiger partial charge in [0.25, 0.3) is 0 Å². The van der Waals surface area contributed by atoms with E-state index in [-0.39, 0.29) is 0 Å². The molecule has 0 fully saturated rings. The fourth-order valence-electron chi connectivity index (χ4n) is 0.969. The molecule has 1 aliphatic heterocycles. The van der Waals surface area contributed by atoms with E-state index < -0.39 is 0 Å². The van der Waals surface area contributed by atoms with Crippen molar-refractivity contribution in [1.29, 1.82) is 0 Å². The molecule has 0 aliphatic carbocycles. The summed E-state index contributed by atoms with van der Waals surface area (Å²) in [7, 11) is 0. The van der Waals surface area contributed by atoms with Crippen molar-refractivity contribution in [3.8, 4) is 0 Å². The van der Waals surface area contributed by atoms with Crippen molar-refractivity contribution >= 4 is 16.7 Å². The molecular formula is C7H7N3S. The summed E-state index contributed by atoms with van der Waals surface area (Å²) >= 11 is 1.83.